The Kier molecular flexibility index (Phi) is 2.13. The molecule has 1 aromatic heterocycles. The van der Waals surface area contributed by atoms with E-state index in [-0.39, 0.29) is 5.02 Å². The Morgan fingerprint density at radius 1 is 1.43 bits per heavy atom. The zero-order valence-corrected chi connectivity index (χ0v) is 7.87. The van der Waals surface area contributed by atoms with Gasteiger partial charge in [0, 0.05) is 18.5 Å². The van der Waals surface area contributed by atoms with E-state index in [1.54, 1.807) is 23.3 Å². The summed E-state index contributed by atoms with van der Waals surface area (Å²) in [6, 6.07) is 2.66. The number of hydrogen-bond donors (Lipinski definition) is 1. The van der Waals surface area contributed by atoms with Crippen LogP contribution in [0.2, 0.25) is 5.02 Å². The molecule has 3 nitrogen and oxygen atoms in total. The molecule has 1 heterocycles. The van der Waals surface area contributed by atoms with E-state index >= 15 is 0 Å². The second-order valence-corrected chi connectivity index (χ2v) is 3.20. The zero-order chi connectivity index (χ0) is 10.1. The fraction of sp³-hybridized carbons (Fsp3) is 0. The van der Waals surface area contributed by atoms with Crippen LogP contribution in [-0.4, -0.2) is 9.55 Å². The number of rotatable bonds is 1. The van der Waals surface area contributed by atoms with Gasteiger partial charge in [0.15, 0.2) is 0 Å². The molecule has 0 unspecified atom stereocenters. The van der Waals surface area contributed by atoms with Crippen LogP contribution in [0.25, 0.3) is 5.69 Å². The first-order chi connectivity index (χ1) is 6.68. The highest BCUT2D eigenvalue weighted by molar-refractivity contribution is 6.31. The van der Waals surface area contributed by atoms with Crippen molar-refractivity contribution in [3.05, 3.63) is 41.7 Å². The highest BCUT2D eigenvalue weighted by Crippen LogP contribution is 2.24. The van der Waals surface area contributed by atoms with Gasteiger partial charge in [0.2, 0.25) is 0 Å². The van der Waals surface area contributed by atoms with E-state index < -0.39 is 5.82 Å². The maximum Gasteiger partial charge on any atom is 0.144 e. The number of nitrogen functional groups attached to an aromatic ring is 1. The van der Waals surface area contributed by atoms with E-state index in [1.165, 1.54) is 12.1 Å². The van der Waals surface area contributed by atoms with Crippen LogP contribution in [0, 0.1) is 5.82 Å². The van der Waals surface area contributed by atoms with E-state index in [0.29, 0.717) is 11.4 Å². The third kappa shape index (κ3) is 1.44. The zero-order valence-electron chi connectivity index (χ0n) is 7.11. The van der Waals surface area contributed by atoms with Crippen molar-refractivity contribution >= 4 is 17.3 Å². The van der Waals surface area contributed by atoms with E-state index in [0.717, 1.165) is 0 Å². The van der Waals surface area contributed by atoms with Crippen molar-refractivity contribution in [2.75, 3.05) is 5.73 Å². The summed E-state index contributed by atoms with van der Waals surface area (Å²) in [5, 5.41) is 0.0198. The minimum Gasteiger partial charge on any atom is -0.397 e. The number of imidazole rings is 1. The summed E-state index contributed by atoms with van der Waals surface area (Å²) in [4.78, 5) is 3.84. The number of anilines is 1. The van der Waals surface area contributed by atoms with Gasteiger partial charge in [0.1, 0.15) is 5.82 Å². The fourth-order valence-electron chi connectivity index (χ4n) is 1.18. The lowest BCUT2D eigenvalue weighted by Gasteiger charge is -2.06. The van der Waals surface area contributed by atoms with Gasteiger partial charge in [-0.05, 0) is 6.07 Å². The van der Waals surface area contributed by atoms with Crippen molar-refractivity contribution in [2.24, 2.45) is 0 Å². The van der Waals surface area contributed by atoms with E-state index in [9.17, 15) is 4.39 Å². The van der Waals surface area contributed by atoms with Gasteiger partial charge in [-0.1, -0.05) is 11.6 Å². The Hall–Kier alpha value is -1.55. The van der Waals surface area contributed by atoms with Gasteiger partial charge in [0.05, 0.1) is 22.7 Å². The normalized spacial score (nSPS) is 10.4. The Bertz CT molecular complexity index is 453. The van der Waals surface area contributed by atoms with E-state index in [4.69, 9.17) is 17.3 Å². The van der Waals surface area contributed by atoms with Crippen LogP contribution in [0.3, 0.4) is 0 Å². The molecule has 1 aromatic carbocycles. The smallest absolute Gasteiger partial charge is 0.144 e. The standard InChI is InChI=1S/C9H7ClFN3/c10-6-3-8(12)9(4-7(6)11)14-2-1-13-5-14/h1-5H,12H2. The Labute approximate surface area is 84.9 Å². The summed E-state index contributed by atoms with van der Waals surface area (Å²) in [7, 11) is 0. The minimum absolute atomic E-state index is 0.0198. The molecule has 0 saturated carbocycles. The van der Waals surface area contributed by atoms with Gasteiger partial charge in [-0.15, -0.1) is 0 Å². The SMILES string of the molecule is Nc1cc(Cl)c(F)cc1-n1ccnc1. The average Bonchev–Trinajstić information content (AvgIpc) is 2.64. The van der Waals surface area contributed by atoms with Gasteiger partial charge in [-0.2, -0.15) is 0 Å². The minimum atomic E-state index is -0.496. The number of halogens is 2. The van der Waals surface area contributed by atoms with Crippen LogP contribution < -0.4 is 5.73 Å². The van der Waals surface area contributed by atoms with Crippen molar-refractivity contribution in [1.82, 2.24) is 9.55 Å². The van der Waals surface area contributed by atoms with Gasteiger partial charge in [-0.3, -0.25) is 0 Å². The van der Waals surface area contributed by atoms with Crippen LogP contribution in [0.1, 0.15) is 0 Å². The molecule has 0 bridgehead atoms. The number of nitrogens with two attached hydrogens (primary N) is 1. The van der Waals surface area contributed by atoms with Crippen molar-refractivity contribution in [3.63, 3.8) is 0 Å². The van der Waals surface area contributed by atoms with Gasteiger partial charge >= 0.3 is 0 Å². The molecule has 72 valence electrons. The Morgan fingerprint density at radius 3 is 2.86 bits per heavy atom. The fourth-order valence-corrected chi connectivity index (χ4v) is 1.35. The first-order valence-corrected chi connectivity index (χ1v) is 4.29. The lowest BCUT2D eigenvalue weighted by atomic mass is 10.2. The predicted molar refractivity (Wildman–Crippen MR) is 52.9 cm³/mol. The van der Waals surface area contributed by atoms with Crippen LogP contribution >= 0.6 is 11.6 Å². The molecule has 14 heavy (non-hydrogen) atoms. The van der Waals surface area contributed by atoms with E-state index in [1.807, 2.05) is 0 Å². The molecule has 0 saturated heterocycles. The molecule has 0 aliphatic rings. The Morgan fingerprint density at radius 2 is 2.21 bits per heavy atom. The van der Waals surface area contributed by atoms with Gasteiger partial charge in [-0.25, -0.2) is 9.37 Å². The molecule has 0 fully saturated rings. The van der Waals surface area contributed by atoms with Crippen molar-refractivity contribution < 1.29 is 4.39 Å². The molecule has 2 N–H and O–H groups in total. The van der Waals surface area contributed by atoms with E-state index in [2.05, 4.69) is 4.98 Å². The average molecular weight is 212 g/mol. The molecule has 0 atom stereocenters. The van der Waals surface area contributed by atoms with Gasteiger partial charge < -0.3 is 10.3 Å². The van der Waals surface area contributed by atoms with Gasteiger partial charge in [0.25, 0.3) is 0 Å². The highest BCUT2D eigenvalue weighted by Gasteiger charge is 2.07. The molecule has 0 aliphatic heterocycles. The Balaban J connectivity index is 2.60. The van der Waals surface area contributed by atoms with Crippen LogP contribution in [0.5, 0.6) is 0 Å². The summed E-state index contributed by atoms with van der Waals surface area (Å²) >= 11 is 5.57. The summed E-state index contributed by atoms with van der Waals surface area (Å²) in [5.41, 5.74) is 6.63. The molecule has 0 aliphatic carbocycles. The van der Waals surface area contributed by atoms with Crippen molar-refractivity contribution in [1.29, 1.82) is 0 Å². The summed E-state index contributed by atoms with van der Waals surface area (Å²) in [5.74, 6) is -0.496. The molecule has 0 spiro atoms. The van der Waals surface area contributed by atoms with Crippen molar-refractivity contribution in [3.8, 4) is 5.69 Å². The maximum atomic E-state index is 13.1. The summed E-state index contributed by atoms with van der Waals surface area (Å²) in [6.07, 6.45) is 4.81. The number of nitrogens with zero attached hydrogens (tertiary/aromatic N) is 2. The molecule has 5 heteroatoms. The number of benzene rings is 1. The summed E-state index contributed by atoms with van der Waals surface area (Å²) in [6.45, 7) is 0. The first kappa shape index (κ1) is 9.02. The van der Waals surface area contributed by atoms with Crippen LogP contribution in [-0.2, 0) is 0 Å². The van der Waals surface area contributed by atoms with Crippen LogP contribution in [0.15, 0.2) is 30.9 Å². The number of aromatic nitrogens is 2. The lowest BCUT2D eigenvalue weighted by Crippen LogP contribution is -1.98. The molecular formula is C9H7ClFN3. The largest absolute Gasteiger partial charge is 0.397 e. The third-order valence-electron chi connectivity index (χ3n) is 1.85. The summed E-state index contributed by atoms with van der Waals surface area (Å²) < 4.78 is 14.7. The number of hydrogen-bond acceptors (Lipinski definition) is 2. The topological polar surface area (TPSA) is 43.8 Å². The third-order valence-corrected chi connectivity index (χ3v) is 2.14. The monoisotopic (exact) mass is 211 g/mol. The molecular weight excluding hydrogens is 205 g/mol. The lowest BCUT2D eigenvalue weighted by molar-refractivity contribution is 0.627. The maximum absolute atomic E-state index is 13.1. The quantitative estimate of drug-likeness (QED) is 0.736. The second kappa shape index (κ2) is 3.31. The molecule has 2 aromatic rings. The molecule has 2 rings (SSSR count). The molecule has 0 radical (unpaired) electrons. The molecule has 0 amide bonds. The predicted octanol–water partition coefficient (Wildman–Crippen LogP) is 2.25. The first-order valence-electron chi connectivity index (χ1n) is 3.91. The second-order valence-electron chi connectivity index (χ2n) is 2.80. The van der Waals surface area contributed by atoms with Crippen LogP contribution in [0.4, 0.5) is 10.1 Å². The highest BCUT2D eigenvalue weighted by atomic mass is 35.5. The van der Waals surface area contributed by atoms with Crippen molar-refractivity contribution in [2.45, 2.75) is 0 Å².